The fourth-order valence-corrected chi connectivity index (χ4v) is 2.09. The molecular formula is C11H16O3S. The van der Waals surface area contributed by atoms with Crippen LogP contribution in [0.5, 0.6) is 0 Å². The third kappa shape index (κ3) is 3.32. The molecule has 0 heterocycles. The molecule has 0 aliphatic rings. The Morgan fingerprint density at radius 1 is 1.33 bits per heavy atom. The quantitative estimate of drug-likeness (QED) is 0.845. The van der Waals surface area contributed by atoms with Gasteiger partial charge in [0, 0.05) is 12.9 Å². The van der Waals surface area contributed by atoms with E-state index in [2.05, 4.69) is 0 Å². The number of aliphatic hydroxyl groups is 1. The van der Waals surface area contributed by atoms with Gasteiger partial charge in [-0.1, -0.05) is 6.07 Å². The fourth-order valence-electron chi connectivity index (χ4n) is 1.42. The highest BCUT2D eigenvalue weighted by Gasteiger charge is 2.08. The van der Waals surface area contributed by atoms with E-state index in [9.17, 15) is 8.42 Å². The highest BCUT2D eigenvalue weighted by atomic mass is 32.2. The molecule has 0 amide bonds. The molecule has 0 bridgehead atoms. The lowest BCUT2D eigenvalue weighted by molar-refractivity contribution is 0.288. The highest BCUT2D eigenvalue weighted by molar-refractivity contribution is 7.90. The Morgan fingerprint density at radius 2 is 2.00 bits per heavy atom. The average Bonchev–Trinajstić information content (AvgIpc) is 2.15. The SMILES string of the molecule is Cc1ccc(S(C)(=O)=O)cc1CCCO. The normalized spacial score (nSPS) is 11.7. The maximum absolute atomic E-state index is 11.3. The van der Waals surface area contributed by atoms with Crippen molar-refractivity contribution in [3.05, 3.63) is 29.3 Å². The van der Waals surface area contributed by atoms with Crippen molar-refractivity contribution in [3.63, 3.8) is 0 Å². The van der Waals surface area contributed by atoms with E-state index in [-0.39, 0.29) is 6.61 Å². The molecule has 0 aromatic heterocycles. The molecule has 0 atom stereocenters. The summed E-state index contributed by atoms with van der Waals surface area (Å²) in [6, 6.07) is 5.12. The number of aliphatic hydroxyl groups excluding tert-OH is 1. The summed E-state index contributed by atoms with van der Waals surface area (Å²) in [5.41, 5.74) is 2.06. The number of benzene rings is 1. The van der Waals surface area contributed by atoms with E-state index in [4.69, 9.17) is 5.11 Å². The van der Waals surface area contributed by atoms with E-state index >= 15 is 0 Å². The van der Waals surface area contributed by atoms with Crippen LogP contribution < -0.4 is 0 Å². The van der Waals surface area contributed by atoms with Crippen LogP contribution in [0.15, 0.2) is 23.1 Å². The average molecular weight is 228 g/mol. The van der Waals surface area contributed by atoms with Crippen LogP contribution in [0.25, 0.3) is 0 Å². The van der Waals surface area contributed by atoms with Crippen molar-refractivity contribution in [1.82, 2.24) is 0 Å². The molecule has 3 nitrogen and oxygen atoms in total. The number of hydrogen-bond donors (Lipinski definition) is 1. The molecule has 1 rings (SSSR count). The molecule has 84 valence electrons. The molecular weight excluding hydrogens is 212 g/mol. The maximum atomic E-state index is 11.3. The van der Waals surface area contributed by atoms with Gasteiger partial charge in [0.2, 0.25) is 0 Å². The summed E-state index contributed by atoms with van der Waals surface area (Å²) >= 11 is 0. The van der Waals surface area contributed by atoms with Gasteiger partial charge in [-0.05, 0) is 43.0 Å². The van der Waals surface area contributed by atoms with Gasteiger partial charge in [-0.15, -0.1) is 0 Å². The van der Waals surface area contributed by atoms with Crippen molar-refractivity contribution in [3.8, 4) is 0 Å². The van der Waals surface area contributed by atoms with Crippen LogP contribution in [0.1, 0.15) is 17.5 Å². The Labute approximate surface area is 90.7 Å². The Bertz CT molecular complexity index is 435. The molecule has 0 aliphatic heterocycles. The number of rotatable bonds is 4. The molecule has 15 heavy (non-hydrogen) atoms. The minimum atomic E-state index is -3.13. The van der Waals surface area contributed by atoms with E-state index in [1.807, 2.05) is 13.0 Å². The topological polar surface area (TPSA) is 54.4 Å². The molecule has 0 saturated heterocycles. The highest BCUT2D eigenvalue weighted by Crippen LogP contribution is 2.16. The van der Waals surface area contributed by atoms with Crippen molar-refractivity contribution < 1.29 is 13.5 Å². The smallest absolute Gasteiger partial charge is 0.175 e. The predicted octanol–water partition coefficient (Wildman–Crippen LogP) is 1.32. The lowest BCUT2D eigenvalue weighted by Gasteiger charge is -2.07. The Morgan fingerprint density at radius 3 is 2.53 bits per heavy atom. The van der Waals surface area contributed by atoms with Gasteiger partial charge in [0.25, 0.3) is 0 Å². The lowest BCUT2D eigenvalue weighted by Crippen LogP contribution is -2.00. The maximum Gasteiger partial charge on any atom is 0.175 e. The van der Waals surface area contributed by atoms with Crippen LogP contribution in [0.2, 0.25) is 0 Å². The summed E-state index contributed by atoms with van der Waals surface area (Å²) in [7, 11) is -3.13. The van der Waals surface area contributed by atoms with Crippen molar-refractivity contribution >= 4 is 9.84 Å². The molecule has 4 heteroatoms. The third-order valence-corrected chi connectivity index (χ3v) is 3.46. The lowest BCUT2D eigenvalue weighted by atomic mass is 10.0. The zero-order valence-electron chi connectivity index (χ0n) is 9.03. The zero-order chi connectivity index (χ0) is 11.5. The van der Waals surface area contributed by atoms with Crippen molar-refractivity contribution in [2.24, 2.45) is 0 Å². The molecule has 0 aliphatic carbocycles. The van der Waals surface area contributed by atoms with Gasteiger partial charge in [0.1, 0.15) is 0 Å². The Hall–Kier alpha value is -0.870. The first-order valence-corrected chi connectivity index (χ1v) is 6.74. The molecule has 1 N–H and O–H groups in total. The van der Waals surface area contributed by atoms with Gasteiger partial charge in [-0.3, -0.25) is 0 Å². The van der Waals surface area contributed by atoms with Crippen LogP contribution in [0, 0.1) is 6.92 Å². The summed E-state index contributed by atoms with van der Waals surface area (Å²) in [6.07, 6.45) is 2.58. The Kier molecular flexibility index (Phi) is 3.88. The second kappa shape index (κ2) is 4.77. The van der Waals surface area contributed by atoms with Crippen molar-refractivity contribution in [2.45, 2.75) is 24.7 Å². The van der Waals surface area contributed by atoms with E-state index < -0.39 is 9.84 Å². The summed E-state index contributed by atoms with van der Waals surface area (Å²) < 4.78 is 22.6. The molecule has 0 saturated carbocycles. The number of hydrogen-bond acceptors (Lipinski definition) is 3. The molecule has 0 spiro atoms. The predicted molar refractivity (Wildman–Crippen MR) is 59.7 cm³/mol. The van der Waals surface area contributed by atoms with Crippen LogP contribution in [-0.2, 0) is 16.3 Å². The third-order valence-electron chi connectivity index (χ3n) is 2.35. The summed E-state index contributed by atoms with van der Waals surface area (Å²) in [6.45, 7) is 2.07. The first kappa shape index (κ1) is 12.2. The summed E-state index contributed by atoms with van der Waals surface area (Å²) in [5, 5.41) is 8.73. The zero-order valence-corrected chi connectivity index (χ0v) is 9.84. The van der Waals surface area contributed by atoms with E-state index in [1.54, 1.807) is 12.1 Å². The van der Waals surface area contributed by atoms with Gasteiger partial charge in [0.15, 0.2) is 9.84 Å². The van der Waals surface area contributed by atoms with Gasteiger partial charge < -0.3 is 5.11 Å². The Balaban J connectivity index is 3.06. The standard InChI is InChI=1S/C11H16O3S/c1-9-5-6-11(15(2,13)14)8-10(9)4-3-7-12/h5-6,8,12H,3-4,7H2,1-2H3. The molecule has 1 aromatic rings. The summed E-state index contributed by atoms with van der Waals surface area (Å²) in [5.74, 6) is 0. The van der Waals surface area contributed by atoms with Gasteiger partial charge >= 0.3 is 0 Å². The number of sulfone groups is 1. The second-order valence-electron chi connectivity index (χ2n) is 3.69. The van der Waals surface area contributed by atoms with E-state index in [0.717, 1.165) is 11.1 Å². The van der Waals surface area contributed by atoms with Crippen LogP contribution >= 0.6 is 0 Å². The van der Waals surface area contributed by atoms with E-state index in [1.165, 1.54) is 6.26 Å². The minimum Gasteiger partial charge on any atom is -0.396 e. The van der Waals surface area contributed by atoms with E-state index in [0.29, 0.717) is 17.7 Å². The minimum absolute atomic E-state index is 0.128. The van der Waals surface area contributed by atoms with Crippen molar-refractivity contribution in [2.75, 3.05) is 12.9 Å². The first-order chi connectivity index (χ1) is 6.95. The van der Waals surface area contributed by atoms with Gasteiger partial charge in [-0.2, -0.15) is 0 Å². The second-order valence-corrected chi connectivity index (χ2v) is 5.70. The van der Waals surface area contributed by atoms with Crippen LogP contribution in [0.3, 0.4) is 0 Å². The molecule has 1 aromatic carbocycles. The van der Waals surface area contributed by atoms with Crippen molar-refractivity contribution in [1.29, 1.82) is 0 Å². The van der Waals surface area contributed by atoms with Gasteiger partial charge in [-0.25, -0.2) is 8.42 Å². The largest absolute Gasteiger partial charge is 0.396 e. The molecule has 0 unspecified atom stereocenters. The van der Waals surface area contributed by atoms with Crippen LogP contribution in [-0.4, -0.2) is 26.4 Å². The molecule has 0 fully saturated rings. The summed E-state index contributed by atoms with van der Waals surface area (Å²) in [4.78, 5) is 0.348. The monoisotopic (exact) mass is 228 g/mol. The first-order valence-electron chi connectivity index (χ1n) is 4.85. The number of aryl methyl sites for hydroxylation is 2. The fraction of sp³-hybridized carbons (Fsp3) is 0.455. The van der Waals surface area contributed by atoms with Gasteiger partial charge in [0.05, 0.1) is 4.90 Å². The molecule has 0 radical (unpaired) electrons. The van der Waals surface area contributed by atoms with Crippen LogP contribution in [0.4, 0.5) is 0 Å².